The van der Waals surface area contributed by atoms with Crippen molar-refractivity contribution in [3.63, 3.8) is 0 Å². The number of hydrogen-bond donors (Lipinski definition) is 2. The zero-order chi connectivity index (χ0) is 35.3. The Labute approximate surface area is 286 Å². The third-order valence-electron chi connectivity index (χ3n) is 7.71. The number of ether oxygens (including phenoxy) is 1. The number of amides is 1. The second-order valence-corrected chi connectivity index (χ2v) is 14.5. The van der Waals surface area contributed by atoms with Gasteiger partial charge in [-0.1, -0.05) is 18.2 Å². The molecule has 0 spiro atoms. The SMILES string of the molecule is CNC(=O)c1c(-c2ccc(F)cc2)oc2cc(CN(CCOP(=O)(NC(C)C(=O)OC(C)C)Oc3ccccc3)S(=O)[O-])c(C3CC3)cc12. The van der Waals surface area contributed by atoms with E-state index < -0.39 is 42.9 Å². The molecule has 0 aliphatic heterocycles. The fourth-order valence-electron chi connectivity index (χ4n) is 5.26. The summed E-state index contributed by atoms with van der Waals surface area (Å²) in [5.74, 6) is -0.843. The van der Waals surface area contributed by atoms with Gasteiger partial charge in [-0.15, -0.1) is 0 Å². The molecule has 0 radical (unpaired) electrons. The van der Waals surface area contributed by atoms with Crippen LogP contribution in [0.5, 0.6) is 5.75 Å². The number of esters is 1. The third-order valence-corrected chi connectivity index (χ3v) is 10.1. The Kier molecular flexibility index (Phi) is 11.7. The number of hydrogen-bond acceptors (Lipinski definition) is 9. The molecule has 1 aliphatic rings. The molecule has 0 saturated heterocycles. The topological polar surface area (TPSA) is 159 Å². The number of para-hydroxylation sites is 1. The average Bonchev–Trinajstić information content (AvgIpc) is 3.84. The molecule has 1 aliphatic carbocycles. The first-order chi connectivity index (χ1) is 23.4. The predicted molar refractivity (Wildman–Crippen MR) is 181 cm³/mol. The minimum Gasteiger partial charge on any atom is -0.760 e. The normalized spacial score (nSPS) is 15.6. The maximum absolute atomic E-state index is 13.8. The van der Waals surface area contributed by atoms with Crippen molar-refractivity contribution >= 4 is 41.9 Å². The lowest BCUT2D eigenvalue weighted by Gasteiger charge is -2.27. The molecule has 49 heavy (non-hydrogen) atoms. The number of furan rings is 1. The second kappa shape index (κ2) is 15.8. The quantitative estimate of drug-likeness (QED) is 0.0777. The van der Waals surface area contributed by atoms with E-state index in [9.17, 15) is 27.3 Å². The van der Waals surface area contributed by atoms with Gasteiger partial charge < -0.3 is 23.5 Å². The predicted octanol–water partition coefficient (Wildman–Crippen LogP) is 6.21. The van der Waals surface area contributed by atoms with E-state index in [1.54, 1.807) is 50.2 Å². The molecule has 4 aromatic rings. The Hall–Kier alpha value is -3.91. The summed E-state index contributed by atoms with van der Waals surface area (Å²) in [5, 5.41) is 5.78. The molecule has 5 rings (SSSR count). The molecule has 1 heterocycles. The summed E-state index contributed by atoms with van der Waals surface area (Å²) in [6, 6.07) is 16.3. The molecular weight excluding hydrogens is 676 g/mol. The molecule has 1 amide bonds. The molecule has 1 fully saturated rings. The van der Waals surface area contributed by atoms with Gasteiger partial charge >= 0.3 is 13.7 Å². The Balaban J connectivity index is 1.40. The number of rotatable bonds is 16. The lowest BCUT2D eigenvalue weighted by atomic mass is 9.97. The summed E-state index contributed by atoms with van der Waals surface area (Å²) < 4.78 is 76.3. The second-order valence-electron chi connectivity index (χ2n) is 11.9. The molecule has 3 atom stereocenters. The van der Waals surface area contributed by atoms with Crippen molar-refractivity contribution in [3.8, 4) is 17.1 Å². The van der Waals surface area contributed by atoms with Crippen LogP contribution in [-0.4, -0.2) is 57.3 Å². The van der Waals surface area contributed by atoms with Gasteiger partial charge in [0.2, 0.25) is 0 Å². The number of carbonyl (C=O) groups excluding carboxylic acids is 2. The van der Waals surface area contributed by atoms with Crippen molar-refractivity contribution in [2.45, 2.75) is 58.2 Å². The van der Waals surface area contributed by atoms with E-state index in [4.69, 9.17) is 18.2 Å². The van der Waals surface area contributed by atoms with Crippen molar-refractivity contribution in [2.75, 3.05) is 20.2 Å². The molecule has 2 N–H and O–H groups in total. The van der Waals surface area contributed by atoms with Gasteiger partial charge in [-0.3, -0.25) is 18.3 Å². The number of carbonyl (C=O) groups is 2. The van der Waals surface area contributed by atoms with Gasteiger partial charge in [-0.05, 0) is 99.2 Å². The highest BCUT2D eigenvalue weighted by molar-refractivity contribution is 7.76. The van der Waals surface area contributed by atoms with Crippen molar-refractivity contribution in [2.24, 2.45) is 0 Å². The maximum atomic E-state index is 13.8. The first kappa shape index (κ1) is 36.4. The van der Waals surface area contributed by atoms with Gasteiger partial charge in [0, 0.05) is 42.4 Å². The van der Waals surface area contributed by atoms with E-state index in [0.29, 0.717) is 27.7 Å². The van der Waals surface area contributed by atoms with Crippen molar-refractivity contribution < 1.29 is 45.5 Å². The Morgan fingerprint density at radius 3 is 2.41 bits per heavy atom. The molecule has 0 bridgehead atoms. The molecule has 262 valence electrons. The van der Waals surface area contributed by atoms with Gasteiger partial charge in [0.15, 0.2) is 0 Å². The van der Waals surface area contributed by atoms with Gasteiger partial charge in [-0.25, -0.2) is 13.3 Å². The monoisotopic (exact) mass is 714 g/mol. The van der Waals surface area contributed by atoms with Crippen LogP contribution in [0.1, 0.15) is 61.0 Å². The van der Waals surface area contributed by atoms with Crippen LogP contribution in [0.4, 0.5) is 4.39 Å². The summed E-state index contributed by atoms with van der Waals surface area (Å²) in [6.07, 6.45) is 1.38. The Morgan fingerprint density at radius 2 is 1.80 bits per heavy atom. The maximum Gasteiger partial charge on any atom is 0.459 e. The summed E-state index contributed by atoms with van der Waals surface area (Å²) in [6.45, 7) is 4.18. The number of nitrogens with zero attached hydrogens (tertiary/aromatic N) is 1. The van der Waals surface area contributed by atoms with Crippen LogP contribution >= 0.6 is 7.75 Å². The third kappa shape index (κ3) is 9.21. The van der Waals surface area contributed by atoms with E-state index in [1.807, 2.05) is 6.07 Å². The molecule has 1 saturated carbocycles. The Bertz CT molecular complexity index is 1870. The Morgan fingerprint density at radius 1 is 1.10 bits per heavy atom. The van der Waals surface area contributed by atoms with E-state index in [-0.39, 0.29) is 43.0 Å². The molecular formula is C34H38FN3O9PS-. The molecule has 15 heteroatoms. The summed E-state index contributed by atoms with van der Waals surface area (Å²) in [4.78, 5) is 25.5. The largest absolute Gasteiger partial charge is 0.760 e. The van der Waals surface area contributed by atoms with Crippen molar-refractivity contribution in [3.05, 3.63) is 89.2 Å². The number of halogens is 1. The molecule has 3 unspecified atom stereocenters. The lowest BCUT2D eigenvalue weighted by Crippen LogP contribution is -2.37. The first-order valence-electron chi connectivity index (χ1n) is 15.8. The standard InChI is InChI=1S/C34H39FN3O9PS/c1-21(2)45-34(40)22(3)37-48(41,47-27-8-6-5-7-9-27)44-17-16-38(49(42)43)20-25-18-30-29(19-28(25)23-10-11-23)31(33(39)36-4)32(46-30)24-12-14-26(35)15-13-24/h5-9,12-15,18-19,21-23H,10-11,16-17,20H2,1-4H3,(H,36,39)(H,37,41)(H,42,43)/p-1. The number of benzene rings is 3. The van der Waals surface area contributed by atoms with Crippen LogP contribution in [0, 0.1) is 5.82 Å². The average molecular weight is 715 g/mol. The number of nitrogens with one attached hydrogen (secondary N) is 2. The smallest absolute Gasteiger partial charge is 0.459 e. The summed E-state index contributed by atoms with van der Waals surface area (Å²) in [7, 11) is -2.71. The van der Waals surface area contributed by atoms with E-state index in [0.717, 1.165) is 22.7 Å². The van der Waals surface area contributed by atoms with Gasteiger partial charge in [-0.2, -0.15) is 5.09 Å². The van der Waals surface area contributed by atoms with Crippen LogP contribution in [0.2, 0.25) is 0 Å². The highest BCUT2D eigenvalue weighted by Crippen LogP contribution is 2.46. The van der Waals surface area contributed by atoms with Crippen LogP contribution in [0.15, 0.2) is 71.1 Å². The highest BCUT2D eigenvalue weighted by atomic mass is 32.2. The number of fused-ring (bicyclic) bond motifs is 1. The minimum atomic E-state index is -4.21. The zero-order valence-electron chi connectivity index (χ0n) is 27.5. The fourth-order valence-corrected chi connectivity index (χ4v) is 7.21. The fraction of sp³-hybridized carbons (Fsp3) is 0.353. The van der Waals surface area contributed by atoms with E-state index >= 15 is 0 Å². The van der Waals surface area contributed by atoms with Crippen molar-refractivity contribution in [1.29, 1.82) is 0 Å². The minimum absolute atomic E-state index is 0.0719. The van der Waals surface area contributed by atoms with Gasteiger partial charge in [0.1, 0.15) is 29.0 Å². The van der Waals surface area contributed by atoms with Crippen LogP contribution in [0.3, 0.4) is 0 Å². The molecule has 1 aromatic heterocycles. The van der Waals surface area contributed by atoms with Gasteiger partial charge in [0.05, 0.1) is 18.3 Å². The van der Waals surface area contributed by atoms with Crippen LogP contribution in [0.25, 0.3) is 22.3 Å². The summed E-state index contributed by atoms with van der Waals surface area (Å²) in [5.41, 5.74) is 2.69. The van der Waals surface area contributed by atoms with Crippen molar-refractivity contribution in [1.82, 2.24) is 14.7 Å². The zero-order valence-corrected chi connectivity index (χ0v) is 29.2. The lowest BCUT2D eigenvalue weighted by molar-refractivity contribution is -0.149. The summed E-state index contributed by atoms with van der Waals surface area (Å²) >= 11 is -2.72. The van der Waals surface area contributed by atoms with E-state index in [1.165, 1.54) is 38.2 Å². The highest BCUT2D eigenvalue weighted by Gasteiger charge is 2.34. The van der Waals surface area contributed by atoms with Gasteiger partial charge in [0.25, 0.3) is 5.91 Å². The first-order valence-corrected chi connectivity index (χ1v) is 18.3. The molecule has 3 aromatic carbocycles. The van der Waals surface area contributed by atoms with Crippen LogP contribution in [-0.2, 0) is 36.4 Å². The van der Waals surface area contributed by atoms with Crippen LogP contribution < -0.4 is 14.9 Å². The molecule has 12 nitrogen and oxygen atoms in total. The van der Waals surface area contributed by atoms with E-state index in [2.05, 4.69) is 10.4 Å².